The number of amidine groups is 1. The minimum atomic E-state index is -0.343. The summed E-state index contributed by atoms with van der Waals surface area (Å²) < 4.78 is 13.3. The molecule has 3 nitrogen and oxygen atoms in total. The fraction of sp³-hybridized carbons (Fsp3) is 0.500. The first-order chi connectivity index (χ1) is 8.50. The number of nitrogens with one attached hydrogen (secondary N) is 1. The van der Waals surface area contributed by atoms with Gasteiger partial charge in [0.1, 0.15) is 11.7 Å². The van der Waals surface area contributed by atoms with Crippen molar-refractivity contribution in [3.05, 3.63) is 29.6 Å². The van der Waals surface area contributed by atoms with Crippen LogP contribution in [-0.2, 0) is 0 Å². The fourth-order valence-corrected chi connectivity index (χ4v) is 2.76. The van der Waals surface area contributed by atoms with Gasteiger partial charge in [-0.25, -0.2) is 4.39 Å². The van der Waals surface area contributed by atoms with Crippen LogP contribution in [0.4, 0.5) is 10.1 Å². The maximum absolute atomic E-state index is 13.3. The molecule has 0 radical (unpaired) electrons. The Morgan fingerprint density at radius 3 is 2.83 bits per heavy atom. The van der Waals surface area contributed by atoms with Gasteiger partial charge in [-0.05, 0) is 37.0 Å². The van der Waals surface area contributed by atoms with E-state index in [2.05, 4.69) is 18.7 Å². The summed E-state index contributed by atoms with van der Waals surface area (Å²) in [5.41, 5.74) is 6.95. The summed E-state index contributed by atoms with van der Waals surface area (Å²) in [4.78, 5) is 2.26. The zero-order chi connectivity index (χ0) is 13.3. The highest BCUT2D eigenvalue weighted by Gasteiger charge is 2.29. The minimum Gasteiger partial charge on any atom is -0.384 e. The zero-order valence-corrected chi connectivity index (χ0v) is 10.9. The summed E-state index contributed by atoms with van der Waals surface area (Å²) in [7, 11) is 0. The number of halogens is 1. The third-order valence-corrected chi connectivity index (χ3v) is 3.63. The van der Waals surface area contributed by atoms with Gasteiger partial charge in [0.2, 0.25) is 0 Å². The quantitative estimate of drug-likeness (QED) is 0.639. The molecule has 1 saturated heterocycles. The van der Waals surface area contributed by atoms with E-state index in [9.17, 15) is 4.39 Å². The first-order valence-electron chi connectivity index (χ1n) is 6.41. The molecular weight excluding hydrogens is 229 g/mol. The monoisotopic (exact) mass is 249 g/mol. The van der Waals surface area contributed by atoms with Crippen LogP contribution >= 0.6 is 0 Å². The largest absolute Gasteiger partial charge is 0.384 e. The first kappa shape index (κ1) is 12.9. The summed E-state index contributed by atoms with van der Waals surface area (Å²) in [5, 5.41) is 7.59. The molecule has 0 saturated carbocycles. The van der Waals surface area contributed by atoms with Gasteiger partial charge in [-0.15, -0.1) is 0 Å². The highest BCUT2D eigenvalue weighted by molar-refractivity contribution is 6.00. The van der Waals surface area contributed by atoms with Crippen LogP contribution in [0.15, 0.2) is 18.2 Å². The summed E-state index contributed by atoms with van der Waals surface area (Å²) in [5.74, 6) is 0.125. The number of nitrogens with zero attached hydrogens (tertiary/aromatic N) is 1. The van der Waals surface area contributed by atoms with Crippen molar-refractivity contribution in [3.63, 3.8) is 0 Å². The predicted octanol–water partition coefficient (Wildman–Crippen LogP) is 2.73. The van der Waals surface area contributed by atoms with Gasteiger partial charge in [-0.3, -0.25) is 5.41 Å². The Kier molecular flexibility index (Phi) is 3.55. The number of hydrogen-bond donors (Lipinski definition) is 2. The maximum Gasteiger partial charge on any atom is 0.125 e. The highest BCUT2D eigenvalue weighted by Crippen LogP contribution is 2.32. The Labute approximate surface area is 107 Å². The Bertz CT molecular complexity index is 456. The van der Waals surface area contributed by atoms with Gasteiger partial charge in [0.15, 0.2) is 0 Å². The van der Waals surface area contributed by atoms with Gasteiger partial charge in [0.05, 0.1) is 0 Å². The molecule has 3 N–H and O–H groups in total. The minimum absolute atomic E-state index is 0.0705. The molecule has 1 aliphatic rings. The third kappa shape index (κ3) is 2.33. The molecule has 1 aromatic carbocycles. The van der Waals surface area contributed by atoms with E-state index >= 15 is 0 Å². The Morgan fingerprint density at radius 1 is 1.50 bits per heavy atom. The van der Waals surface area contributed by atoms with Crippen LogP contribution in [0.5, 0.6) is 0 Å². The molecule has 18 heavy (non-hydrogen) atoms. The van der Waals surface area contributed by atoms with E-state index < -0.39 is 0 Å². The van der Waals surface area contributed by atoms with Crippen LogP contribution in [0.3, 0.4) is 0 Å². The smallest absolute Gasteiger partial charge is 0.125 e. The van der Waals surface area contributed by atoms with E-state index in [0.29, 0.717) is 17.5 Å². The lowest BCUT2D eigenvalue weighted by Crippen LogP contribution is -2.35. The van der Waals surface area contributed by atoms with Crippen LogP contribution in [0, 0.1) is 17.1 Å². The van der Waals surface area contributed by atoms with Crippen molar-refractivity contribution >= 4 is 11.5 Å². The van der Waals surface area contributed by atoms with E-state index in [-0.39, 0.29) is 11.7 Å². The number of anilines is 1. The van der Waals surface area contributed by atoms with Crippen LogP contribution in [-0.4, -0.2) is 18.4 Å². The molecule has 1 fully saturated rings. The summed E-state index contributed by atoms with van der Waals surface area (Å²) in [6, 6.07) is 4.99. The van der Waals surface area contributed by atoms with E-state index in [1.807, 2.05) is 0 Å². The molecule has 0 aliphatic carbocycles. The molecular formula is C14H20FN3. The molecule has 0 spiro atoms. The highest BCUT2D eigenvalue weighted by atomic mass is 19.1. The average molecular weight is 249 g/mol. The van der Waals surface area contributed by atoms with E-state index in [1.165, 1.54) is 12.1 Å². The number of benzene rings is 1. The molecule has 0 amide bonds. The number of nitrogen functional groups attached to an aromatic ring is 1. The van der Waals surface area contributed by atoms with Gasteiger partial charge < -0.3 is 10.6 Å². The number of hydrogen-bond acceptors (Lipinski definition) is 2. The van der Waals surface area contributed by atoms with E-state index in [1.54, 1.807) is 6.07 Å². The molecule has 0 aromatic heterocycles. The van der Waals surface area contributed by atoms with Crippen LogP contribution in [0.1, 0.15) is 32.3 Å². The zero-order valence-electron chi connectivity index (χ0n) is 10.9. The second-order valence-corrected chi connectivity index (χ2v) is 5.22. The van der Waals surface area contributed by atoms with Crippen LogP contribution < -0.4 is 10.6 Å². The summed E-state index contributed by atoms with van der Waals surface area (Å²) in [6.45, 7) is 5.34. The normalized spacial score (nSPS) is 19.6. The van der Waals surface area contributed by atoms with Crippen molar-refractivity contribution in [3.8, 4) is 0 Å². The van der Waals surface area contributed by atoms with Crippen LogP contribution in [0.2, 0.25) is 0 Å². The Hall–Kier alpha value is -1.58. The third-order valence-electron chi connectivity index (χ3n) is 3.63. The second-order valence-electron chi connectivity index (χ2n) is 5.22. The van der Waals surface area contributed by atoms with Crippen molar-refractivity contribution in [2.45, 2.75) is 32.7 Å². The Balaban J connectivity index is 2.41. The molecule has 98 valence electrons. The van der Waals surface area contributed by atoms with Crippen molar-refractivity contribution in [1.82, 2.24) is 0 Å². The lowest BCUT2D eigenvalue weighted by molar-refractivity contribution is 0.491. The van der Waals surface area contributed by atoms with Gasteiger partial charge >= 0.3 is 0 Å². The van der Waals surface area contributed by atoms with Gasteiger partial charge in [0, 0.05) is 23.8 Å². The van der Waals surface area contributed by atoms with Gasteiger partial charge in [-0.1, -0.05) is 13.8 Å². The van der Waals surface area contributed by atoms with E-state index in [0.717, 1.165) is 25.1 Å². The van der Waals surface area contributed by atoms with Crippen molar-refractivity contribution in [2.24, 2.45) is 11.7 Å². The second kappa shape index (κ2) is 4.96. The summed E-state index contributed by atoms with van der Waals surface area (Å²) in [6.07, 6.45) is 2.28. The van der Waals surface area contributed by atoms with E-state index in [4.69, 9.17) is 11.1 Å². The topological polar surface area (TPSA) is 53.1 Å². The molecule has 4 heteroatoms. The average Bonchev–Trinajstić information content (AvgIpc) is 2.77. The lowest BCUT2D eigenvalue weighted by atomic mass is 10.0. The maximum atomic E-state index is 13.3. The number of nitrogens with two attached hydrogens (primary N) is 1. The molecule has 1 atom stereocenters. The van der Waals surface area contributed by atoms with Crippen molar-refractivity contribution in [2.75, 3.05) is 11.4 Å². The molecule has 0 bridgehead atoms. The predicted molar refractivity (Wildman–Crippen MR) is 72.6 cm³/mol. The van der Waals surface area contributed by atoms with Gasteiger partial charge in [0.25, 0.3) is 0 Å². The Morgan fingerprint density at radius 2 is 2.22 bits per heavy atom. The van der Waals surface area contributed by atoms with Crippen molar-refractivity contribution < 1.29 is 4.39 Å². The molecule has 1 aliphatic heterocycles. The molecule has 1 unspecified atom stereocenters. The standard InChI is InChI=1S/C14H20FN3/c1-9(2)12-4-3-7-18(12)13-6-5-10(15)8-11(13)14(16)17/h5-6,8-9,12H,3-4,7H2,1-2H3,(H3,16,17). The molecule has 1 heterocycles. The number of rotatable bonds is 3. The molecule has 2 rings (SSSR count). The lowest BCUT2D eigenvalue weighted by Gasteiger charge is -2.31. The van der Waals surface area contributed by atoms with Crippen LogP contribution in [0.25, 0.3) is 0 Å². The van der Waals surface area contributed by atoms with Gasteiger partial charge in [-0.2, -0.15) is 0 Å². The molecule has 1 aromatic rings. The fourth-order valence-electron chi connectivity index (χ4n) is 2.76. The first-order valence-corrected chi connectivity index (χ1v) is 6.41. The SMILES string of the molecule is CC(C)C1CCCN1c1ccc(F)cc1C(=N)N. The van der Waals surface area contributed by atoms with Crippen molar-refractivity contribution in [1.29, 1.82) is 5.41 Å². The summed E-state index contributed by atoms with van der Waals surface area (Å²) >= 11 is 0.